The predicted octanol–water partition coefficient (Wildman–Crippen LogP) is -0.427. The molecule has 0 unspecified atom stereocenters. The van der Waals surface area contributed by atoms with Gasteiger partial charge in [-0.3, -0.25) is 9.78 Å². The lowest BCUT2D eigenvalue weighted by Gasteiger charge is -1.97. The number of rotatable bonds is 4. The number of halogens is 3. The van der Waals surface area contributed by atoms with E-state index in [1.54, 1.807) is 6.20 Å². The Hall–Kier alpha value is -2.24. The van der Waals surface area contributed by atoms with E-state index in [1.165, 1.54) is 5.56 Å². The fourth-order valence-electron chi connectivity index (χ4n) is 0.813. The molecule has 0 fully saturated rings. The zero-order valence-corrected chi connectivity index (χ0v) is 12.0. The number of pyridine rings is 1. The number of nitrogens with two attached hydrogens (primary N) is 3. The highest BCUT2D eigenvalue weighted by Gasteiger charge is 2.38. The highest BCUT2D eigenvalue weighted by molar-refractivity contribution is 5.73. The van der Waals surface area contributed by atoms with Crippen LogP contribution in [0.25, 0.3) is 0 Å². The summed E-state index contributed by atoms with van der Waals surface area (Å²) in [5.74, 6) is -3.81. The van der Waals surface area contributed by atoms with Crippen LogP contribution in [-0.4, -0.2) is 52.4 Å². The zero-order valence-electron chi connectivity index (χ0n) is 12.0. The number of carbonyl (C=O) groups is 2. The van der Waals surface area contributed by atoms with Crippen molar-refractivity contribution in [2.75, 3.05) is 13.1 Å². The molecule has 1 rings (SSSR count). The van der Waals surface area contributed by atoms with Crippen LogP contribution < -0.4 is 17.2 Å². The van der Waals surface area contributed by atoms with Gasteiger partial charge in [0.05, 0.1) is 0 Å². The van der Waals surface area contributed by atoms with Crippen LogP contribution in [0.4, 0.5) is 13.2 Å². The number of alkyl halides is 3. The molecule has 0 radical (unpaired) electrons. The Balaban J connectivity index is 0. The molecule has 0 aliphatic rings. The summed E-state index contributed by atoms with van der Waals surface area (Å²) in [5.41, 5.74) is 16.3. The number of carboxylic acid groups (broad SMARTS) is 2. The topological polar surface area (TPSA) is 166 Å². The number of hydrogen-bond donors (Lipinski definition) is 5. The second-order valence-electron chi connectivity index (χ2n) is 3.88. The summed E-state index contributed by atoms with van der Waals surface area (Å²) in [6, 6.07) is 3.05. The average Bonchev–Trinajstić information content (AvgIpc) is 2.48. The summed E-state index contributed by atoms with van der Waals surface area (Å²) < 4.78 is 31.7. The highest BCUT2D eigenvalue weighted by atomic mass is 19.4. The van der Waals surface area contributed by atoms with E-state index in [9.17, 15) is 18.0 Å². The Kier molecular flexibility index (Phi) is 12.3. The van der Waals surface area contributed by atoms with E-state index in [2.05, 4.69) is 4.98 Å². The van der Waals surface area contributed by atoms with Gasteiger partial charge in [0.1, 0.15) is 6.04 Å². The Morgan fingerprint density at radius 3 is 2.00 bits per heavy atom. The van der Waals surface area contributed by atoms with Gasteiger partial charge in [-0.1, -0.05) is 6.07 Å². The monoisotopic (exact) mass is 340 g/mol. The fourth-order valence-corrected chi connectivity index (χ4v) is 0.813. The minimum atomic E-state index is -5.08. The molecule has 0 saturated carbocycles. The van der Waals surface area contributed by atoms with Crippen LogP contribution in [0.5, 0.6) is 0 Å². The standard InChI is InChI=1S/C7H10N2.C3H8N2O2.C2HF3O2/c8-4-3-7-2-1-5-9-6-7;4-1-2(5)3(6)7;3-2(4,5)1(6)7/h1-2,5-6H,3-4,8H2;2H,1,4-5H2,(H,6,7);(H,6,7)/t;2-;/m.0./s1. The van der Waals surface area contributed by atoms with Crippen LogP contribution in [0.1, 0.15) is 5.56 Å². The van der Waals surface area contributed by atoms with Crippen LogP contribution in [0.3, 0.4) is 0 Å². The third-order valence-corrected chi connectivity index (χ3v) is 1.97. The maximum Gasteiger partial charge on any atom is 0.490 e. The van der Waals surface area contributed by atoms with E-state index in [0.717, 1.165) is 6.42 Å². The highest BCUT2D eigenvalue weighted by Crippen LogP contribution is 2.13. The second-order valence-corrected chi connectivity index (χ2v) is 3.88. The Bertz CT molecular complexity index is 457. The quantitative estimate of drug-likeness (QED) is 0.492. The summed E-state index contributed by atoms with van der Waals surface area (Å²) in [4.78, 5) is 22.6. The van der Waals surface area contributed by atoms with Gasteiger partial charge in [-0.2, -0.15) is 13.2 Å². The molecule has 0 bridgehead atoms. The third kappa shape index (κ3) is 14.5. The number of carboxylic acids is 2. The van der Waals surface area contributed by atoms with Crippen LogP contribution in [0.15, 0.2) is 24.5 Å². The molecule has 23 heavy (non-hydrogen) atoms. The molecule has 1 heterocycles. The Morgan fingerprint density at radius 2 is 1.78 bits per heavy atom. The normalized spacial score (nSPS) is 11.2. The first kappa shape index (κ1) is 23.0. The molecule has 0 aromatic carbocycles. The molecule has 0 aliphatic heterocycles. The van der Waals surface area contributed by atoms with Crippen molar-refractivity contribution in [3.05, 3.63) is 30.1 Å². The molecule has 11 heteroatoms. The lowest BCUT2D eigenvalue weighted by molar-refractivity contribution is -0.192. The zero-order chi connectivity index (χ0) is 18.5. The first-order valence-corrected chi connectivity index (χ1v) is 6.13. The van der Waals surface area contributed by atoms with Gasteiger partial charge in [-0.15, -0.1) is 0 Å². The van der Waals surface area contributed by atoms with Gasteiger partial charge < -0.3 is 27.4 Å². The first-order chi connectivity index (χ1) is 10.6. The minimum absolute atomic E-state index is 0.00463. The average molecular weight is 340 g/mol. The van der Waals surface area contributed by atoms with Gasteiger partial charge in [0.25, 0.3) is 0 Å². The van der Waals surface area contributed by atoms with E-state index in [-0.39, 0.29) is 6.54 Å². The predicted molar refractivity (Wildman–Crippen MR) is 75.4 cm³/mol. The van der Waals surface area contributed by atoms with E-state index in [4.69, 9.17) is 32.2 Å². The van der Waals surface area contributed by atoms with Gasteiger partial charge in [-0.05, 0) is 24.6 Å². The van der Waals surface area contributed by atoms with Crippen molar-refractivity contribution in [2.45, 2.75) is 18.6 Å². The maximum atomic E-state index is 10.6. The van der Waals surface area contributed by atoms with Crippen LogP contribution in [0, 0.1) is 0 Å². The Morgan fingerprint density at radius 1 is 1.26 bits per heavy atom. The molecule has 0 aliphatic carbocycles. The lowest BCUT2D eigenvalue weighted by Crippen LogP contribution is -2.37. The van der Waals surface area contributed by atoms with E-state index in [1.807, 2.05) is 18.3 Å². The molecule has 1 aromatic rings. The van der Waals surface area contributed by atoms with Crippen molar-refractivity contribution in [1.29, 1.82) is 0 Å². The first-order valence-electron chi connectivity index (χ1n) is 6.13. The van der Waals surface area contributed by atoms with E-state index in [0.29, 0.717) is 6.54 Å². The Labute approximate surface area is 130 Å². The van der Waals surface area contributed by atoms with Crippen molar-refractivity contribution in [3.8, 4) is 0 Å². The minimum Gasteiger partial charge on any atom is -0.480 e. The van der Waals surface area contributed by atoms with Gasteiger partial charge >= 0.3 is 18.1 Å². The van der Waals surface area contributed by atoms with Crippen molar-refractivity contribution in [3.63, 3.8) is 0 Å². The SMILES string of the molecule is NCCc1cccnc1.NC[C@H](N)C(=O)O.O=C(O)C(F)(F)F. The van der Waals surface area contributed by atoms with Gasteiger partial charge in [0.2, 0.25) is 0 Å². The molecule has 0 spiro atoms. The number of nitrogens with zero attached hydrogens (tertiary/aromatic N) is 1. The molecular formula is C12H19F3N4O4. The largest absolute Gasteiger partial charge is 0.490 e. The van der Waals surface area contributed by atoms with Crippen LogP contribution in [0.2, 0.25) is 0 Å². The molecule has 0 amide bonds. The van der Waals surface area contributed by atoms with Gasteiger partial charge in [0.15, 0.2) is 0 Å². The smallest absolute Gasteiger partial charge is 0.480 e. The summed E-state index contributed by atoms with van der Waals surface area (Å²) in [6.07, 6.45) is -0.555. The molecule has 8 nitrogen and oxygen atoms in total. The summed E-state index contributed by atoms with van der Waals surface area (Å²) in [6.45, 7) is 0.695. The van der Waals surface area contributed by atoms with Crippen molar-refractivity contribution in [2.24, 2.45) is 17.2 Å². The molecule has 1 atom stereocenters. The van der Waals surface area contributed by atoms with Gasteiger partial charge in [0, 0.05) is 18.9 Å². The van der Waals surface area contributed by atoms with Crippen molar-refractivity contribution >= 4 is 11.9 Å². The van der Waals surface area contributed by atoms with Crippen LogP contribution >= 0.6 is 0 Å². The summed E-state index contributed by atoms with van der Waals surface area (Å²) in [5, 5.41) is 15.1. The van der Waals surface area contributed by atoms with Crippen LogP contribution in [-0.2, 0) is 16.0 Å². The molecule has 132 valence electrons. The molecule has 1 aromatic heterocycles. The van der Waals surface area contributed by atoms with Crippen molar-refractivity contribution < 1.29 is 33.0 Å². The summed E-state index contributed by atoms with van der Waals surface area (Å²) in [7, 11) is 0. The second kappa shape index (κ2) is 12.3. The van der Waals surface area contributed by atoms with Crippen molar-refractivity contribution in [1.82, 2.24) is 4.98 Å². The molecular weight excluding hydrogens is 321 g/mol. The van der Waals surface area contributed by atoms with Gasteiger partial charge in [-0.25, -0.2) is 4.79 Å². The molecule has 8 N–H and O–H groups in total. The number of aromatic nitrogens is 1. The lowest BCUT2D eigenvalue weighted by atomic mass is 10.2. The maximum absolute atomic E-state index is 10.6. The third-order valence-electron chi connectivity index (χ3n) is 1.97. The summed E-state index contributed by atoms with van der Waals surface area (Å²) >= 11 is 0. The van der Waals surface area contributed by atoms with E-state index >= 15 is 0 Å². The van der Waals surface area contributed by atoms with E-state index < -0.39 is 24.2 Å². The number of hydrogen-bond acceptors (Lipinski definition) is 6. The molecule has 0 saturated heterocycles. The fraction of sp³-hybridized carbons (Fsp3) is 0.417. The number of aliphatic carboxylic acids is 2.